The number of carbonyl (C=O) groups is 2. The summed E-state index contributed by atoms with van der Waals surface area (Å²) in [5, 5.41) is -0.319. The fraction of sp³-hybridized carbons (Fsp3) is 0.429. The maximum Gasteiger partial charge on any atom is 0.235 e. The molecule has 1 aromatic carbocycles. The molecular formula is C14H17BrClNO3. The zero-order valence-corrected chi connectivity index (χ0v) is 14.2. The highest BCUT2D eigenvalue weighted by Crippen LogP contribution is 2.26. The van der Waals surface area contributed by atoms with Crippen molar-refractivity contribution >= 4 is 39.2 Å². The van der Waals surface area contributed by atoms with Gasteiger partial charge < -0.3 is 9.64 Å². The van der Waals surface area contributed by atoms with E-state index in [0.29, 0.717) is 10.8 Å². The van der Waals surface area contributed by atoms with Gasteiger partial charge in [0.25, 0.3) is 0 Å². The number of carbonyl (C=O) groups excluding carboxylic acids is 2. The van der Waals surface area contributed by atoms with Crippen molar-refractivity contribution in [2.45, 2.75) is 18.9 Å². The number of hydrogen-bond donors (Lipinski definition) is 0. The second-order valence-corrected chi connectivity index (χ2v) is 6.34. The van der Waals surface area contributed by atoms with Gasteiger partial charge in [0.05, 0.1) is 0 Å². The van der Waals surface area contributed by atoms with E-state index in [-0.39, 0.29) is 11.7 Å². The minimum atomic E-state index is -1.16. The van der Waals surface area contributed by atoms with Crippen LogP contribution in [0.2, 0.25) is 5.02 Å². The molecule has 0 saturated carbocycles. The van der Waals surface area contributed by atoms with Crippen molar-refractivity contribution in [3.8, 4) is 5.75 Å². The molecule has 1 atom stereocenters. The molecular weight excluding hydrogens is 346 g/mol. The molecule has 0 aliphatic heterocycles. The Morgan fingerprint density at radius 1 is 1.25 bits per heavy atom. The molecule has 20 heavy (non-hydrogen) atoms. The molecule has 1 rings (SSSR count). The molecule has 0 N–H and O–H groups in total. The number of ether oxygens (including phenoxy) is 1. The number of nitrogens with zero attached hydrogens (tertiary/aromatic N) is 1. The topological polar surface area (TPSA) is 46.6 Å². The fourth-order valence-corrected chi connectivity index (χ4v) is 2.55. The van der Waals surface area contributed by atoms with Gasteiger partial charge >= 0.3 is 0 Å². The highest BCUT2D eigenvalue weighted by Gasteiger charge is 2.41. The molecule has 0 bridgehead atoms. The van der Waals surface area contributed by atoms with E-state index in [2.05, 4.69) is 15.9 Å². The Balaban J connectivity index is 2.81. The first-order chi connectivity index (χ1) is 9.16. The Morgan fingerprint density at radius 3 is 2.20 bits per heavy atom. The number of alkyl halides is 1. The van der Waals surface area contributed by atoms with E-state index in [1.165, 1.54) is 4.90 Å². The maximum absolute atomic E-state index is 12.3. The summed E-state index contributed by atoms with van der Waals surface area (Å²) in [5.41, 5.74) is -1.16. The number of ketones is 1. The molecule has 0 saturated heterocycles. The van der Waals surface area contributed by atoms with Crippen LogP contribution in [0.15, 0.2) is 24.3 Å². The van der Waals surface area contributed by atoms with Crippen molar-refractivity contribution < 1.29 is 14.3 Å². The second kappa shape index (κ2) is 6.59. The number of Topliss-reactive ketones (excluding diaryl/α,β-unsaturated/α-hetero) is 1. The van der Waals surface area contributed by atoms with E-state index in [0.717, 1.165) is 0 Å². The Kier molecular flexibility index (Phi) is 5.59. The van der Waals surface area contributed by atoms with Gasteiger partial charge in [-0.1, -0.05) is 11.6 Å². The predicted molar refractivity (Wildman–Crippen MR) is 82.3 cm³/mol. The fourth-order valence-electron chi connectivity index (χ4n) is 1.63. The maximum atomic E-state index is 12.3. The van der Waals surface area contributed by atoms with Crippen LogP contribution in [0.25, 0.3) is 0 Å². The average Bonchev–Trinajstić information content (AvgIpc) is 2.39. The van der Waals surface area contributed by atoms with E-state index in [1.54, 1.807) is 52.2 Å². The first kappa shape index (κ1) is 17.0. The van der Waals surface area contributed by atoms with Crippen LogP contribution in [-0.2, 0) is 9.59 Å². The summed E-state index contributed by atoms with van der Waals surface area (Å²) in [6, 6.07) is 6.64. The number of amides is 1. The van der Waals surface area contributed by atoms with Crippen LogP contribution in [0.5, 0.6) is 5.75 Å². The SMILES string of the molecule is CN(C)C(=O)C(C)(C)C(=O)C(Br)Oc1ccc(Cl)cc1. The van der Waals surface area contributed by atoms with Gasteiger partial charge in [-0.3, -0.25) is 9.59 Å². The molecule has 1 unspecified atom stereocenters. The molecule has 6 heteroatoms. The summed E-state index contributed by atoms with van der Waals surface area (Å²) in [6.45, 7) is 3.16. The summed E-state index contributed by atoms with van der Waals surface area (Å²) >= 11 is 8.95. The van der Waals surface area contributed by atoms with Crippen LogP contribution in [-0.4, -0.2) is 35.7 Å². The lowest BCUT2D eigenvalue weighted by molar-refractivity contribution is -0.147. The first-order valence-corrected chi connectivity index (χ1v) is 7.28. The summed E-state index contributed by atoms with van der Waals surface area (Å²) in [6.07, 6.45) is 0. The average molecular weight is 363 g/mol. The minimum Gasteiger partial charge on any atom is -0.471 e. The lowest BCUT2D eigenvalue weighted by Crippen LogP contribution is -2.45. The van der Waals surface area contributed by atoms with Crippen molar-refractivity contribution in [3.05, 3.63) is 29.3 Å². The van der Waals surface area contributed by atoms with Gasteiger partial charge in [0.1, 0.15) is 11.2 Å². The van der Waals surface area contributed by atoms with E-state index >= 15 is 0 Å². The number of hydrogen-bond acceptors (Lipinski definition) is 3. The number of benzene rings is 1. The van der Waals surface area contributed by atoms with Crippen LogP contribution in [0.4, 0.5) is 0 Å². The summed E-state index contributed by atoms with van der Waals surface area (Å²) in [4.78, 5) is 25.7. The Labute approximate surface area is 132 Å². The zero-order valence-electron chi connectivity index (χ0n) is 11.8. The normalized spacial score (nSPS) is 12.7. The number of halogens is 2. The van der Waals surface area contributed by atoms with Gasteiger partial charge in [-0.25, -0.2) is 0 Å². The molecule has 110 valence electrons. The quantitative estimate of drug-likeness (QED) is 0.597. The smallest absolute Gasteiger partial charge is 0.235 e. The Morgan fingerprint density at radius 2 is 1.75 bits per heavy atom. The second-order valence-electron chi connectivity index (χ2n) is 5.08. The third-order valence-corrected chi connectivity index (χ3v) is 3.67. The molecule has 0 aliphatic carbocycles. The van der Waals surface area contributed by atoms with Crippen molar-refractivity contribution in [1.82, 2.24) is 4.90 Å². The van der Waals surface area contributed by atoms with Crippen molar-refractivity contribution in [2.75, 3.05) is 14.1 Å². The molecule has 1 aromatic rings. The molecule has 0 heterocycles. The highest BCUT2D eigenvalue weighted by atomic mass is 79.9. The van der Waals surface area contributed by atoms with Crippen LogP contribution in [0.1, 0.15) is 13.8 Å². The van der Waals surface area contributed by atoms with Crippen LogP contribution in [0.3, 0.4) is 0 Å². The van der Waals surface area contributed by atoms with Crippen LogP contribution < -0.4 is 4.74 Å². The molecule has 0 radical (unpaired) electrons. The summed E-state index contributed by atoms with van der Waals surface area (Å²) < 4.78 is 5.49. The van der Waals surface area contributed by atoms with Gasteiger partial charge in [0.2, 0.25) is 10.9 Å². The van der Waals surface area contributed by atoms with E-state index in [4.69, 9.17) is 16.3 Å². The largest absolute Gasteiger partial charge is 0.471 e. The monoisotopic (exact) mass is 361 g/mol. The Hall–Kier alpha value is -1.07. The molecule has 0 spiro atoms. The minimum absolute atomic E-state index is 0.272. The van der Waals surface area contributed by atoms with Crippen molar-refractivity contribution in [3.63, 3.8) is 0 Å². The Bertz CT molecular complexity index is 500. The molecule has 0 aliphatic rings. The summed E-state index contributed by atoms with van der Waals surface area (Å²) in [5.74, 6) is -0.115. The molecule has 0 fully saturated rings. The van der Waals surface area contributed by atoms with Crippen molar-refractivity contribution in [2.24, 2.45) is 5.41 Å². The first-order valence-electron chi connectivity index (χ1n) is 5.98. The lowest BCUT2D eigenvalue weighted by atomic mass is 9.87. The van der Waals surface area contributed by atoms with Gasteiger partial charge in [-0.05, 0) is 54.0 Å². The lowest BCUT2D eigenvalue weighted by Gasteiger charge is -2.27. The van der Waals surface area contributed by atoms with Crippen molar-refractivity contribution in [1.29, 1.82) is 0 Å². The van der Waals surface area contributed by atoms with Crippen LogP contribution >= 0.6 is 27.5 Å². The van der Waals surface area contributed by atoms with E-state index in [1.807, 2.05) is 0 Å². The van der Waals surface area contributed by atoms with Gasteiger partial charge in [-0.2, -0.15) is 0 Å². The van der Waals surface area contributed by atoms with E-state index in [9.17, 15) is 9.59 Å². The zero-order chi connectivity index (χ0) is 15.5. The van der Waals surface area contributed by atoms with Gasteiger partial charge in [-0.15, -0.1) is 0 Å². The van der Waals surface area contributed by atoms with Gasteiger partial charge in [0, 0.05) is 19.1 Å². The van der Waals surface area contributed by atoms with Crippen LogP contribution in [0, 0.1) is 5.41 Å². The standard InChI is InChI=1S/C14H17BrClNO3/c1-14(2,13(19)17(3)4)11(18)12(15)20-10-7-5-9(16)6-8-10/h5-8,12H,1-4H3. The molecule has 1 amide bonds. The molecule has 4 nitrogen and oxygen atoms in total. The third kappa shape index (κ3) is 3.96. The van der Waals surface area contributed by atoms with Gasteiger partial charge in [0.15, 0.2) is 5.78 Å². The predicted octanol–water partition coefficient (Wildman–Crippen LogP) is 3.12. The molecule has 0 aromatic heterocycles. The summed E-state index contributed by atoms with van der Waals surface area (Å²) in [7, 11) is 3.22. The van der Waals surface area contributed by atoms with E-state index < -0.39 is 10.4 Å². The number of rotatable bonds is 5. The third-order valence-electron chi connectivity index (χ3n) is 2.82. The highest BCUT2D eigenvalue weighted by molar-refractivity contribution is 9.09.